The molecule has 7 nitrogen and oxygen atoms in total. The first-order valence-corrected chi connectivity index (χ1v) is 11.4. The number of likely N-dealkylation sites (tertiary alicyclic amines) is 1. The van der Waals surface area contributed by atoms with E-state index < -0.39 is 6.10 Å². The van der Waals surface area contributed by atoms with Gasteiger partial charge in [-0.25, -0.2) is 0 Å². The van der Waals surface area contributed by atoms with Crippen molar-refractivity contribution in [3.63, 3.8) is 0 Å². The van der Waals surface area contributed by atoms with E-state index in [9.17, 15) is 9.90 Å². The highest BCUT2D eigenvalue weighted by molar-refractivity contribution is 6.30. The van der Waals surface area contributed by atoms with Crippen molar-refractivity contribution in [1.82, 2.24) is 20.0 Å². The summed E-state index contributed by atoms with van der Waals surface area (Å²) in [6.45, 7) is 10.2. The van der Waals surface area contributed by atoms with Gasteiger partial charge in [0.15, 0.2) is 5.96 Å². The summed E-state index contributed by atoms with van der Waals surface area (Å²) >= 11 is 5.92. The average Bonchev–Trinajstić information content (AvgIpc) is 3.31. The van der Waals surface area contributed by atoms with Crippen molar-refractivity contribution in [3.8, 4) is 0 Å². The Bertz CT molecular complexity index is 713. The molecule has 2 unspecified atom stereocenters. The molecule has 0 bridgehead atoms. The van der Waals surface area contributed by atoms with Crippen LogP contribution in [0.5, 0.6) is 0 Å². The number of halogens is 1. The second-order valence-corrected chi connectivity index (χ2v) is 8.43. The smallest absolute Gasteiger partial charge is 0.239 e. The zero-order valence-corrected chi connectivity index (χ0v) is 18.8. The molecule has 0 spiro atoms. The van der Waals surface area contributed by atoms with Crippen molar-refractivity contribution in [1.29, 1.82) is 0 Å². The quantitative estimate of drug-likeness (QED) is 0.528. The lowest BCUT2D eigenvalue weighted by Gasteiger charge is -2.39. The summed E-state index contributed by atoms with van der Waals surface area (Å²) in [5.41, 5.74) is 0.804. The Balaban J connectivity index is 1.54. The number of nitrogens with one attached hydrogen (secondary N) is 1. The van der Waals surface area contributed by atoms with Crippen molar-refractivity contribution in [2.45, 2.75) is 38.8 Å². The maximum atomic E-state index is 12.7. The van der Waals surface area contributed by atoms with Crippen LogP contribution in [0.1, 0.15) is 38.4 Å². The Labute approximate surface area is 184 Å². The van der Waals surface area contributed by atoms with Gasteiger partial charge >= 0.3 is 0 Å². The van der Waals surface area contributed by atoms with Crippen molar-refractivity contribution in [3.05, 3.63) is 34.9 Å². The lowest BCUT2D eigenvalue weighted by molar-refractivity contribution is -0.135. The van der Waals surface area contributed by atoms with E-state index in [-0.39, 0.29) is 18.5 Å². The topological polar surface area (TPSA) is 71.4 Å². The van der Waals surface area contributed by atoms with Crippen LogP contribution in [-0.4, -0.2) is 90.1 Å². The molecule has 166 valence electrons. The number of aliphatic hydroxyl groups is 1. The third-order valence-electron chi connectivity index (χ3n) is 5.94. The Kier molecular flexibility index (Phi) is 8.36. The van der Waals surface area contributed by atoms with Crippen molar-refractivity contribution in [2.75, 3.05) is 52.4 Å². The van der Waals surface area contributed by atoms with Crippen LogP contribution in [0.4, 0.5) is 0 Å². The lowest BCUT2D eigenvalue weighted by atomic mass is 10.1. The molecule has 1 amide bonds. The molecular weight excluding hydrogens is 402 g/mol. The van der Waals surface area contributed by atoms with Crippen LogP contribution >= 0.6 is 11.6 Å². The van der Waals surface area contributed by atoms with Gasteiger partial charge in [-0.1, -0.05) is 23.7 Å². The number of aliphatic imine (C=N–C) groups is 1. The summed E-state index contributed by atoms with van der Waals surface area (Å²) in [6.07, 6.45) is 1.57. The third-order valence-corrected chi connectivity index (χ3v) is 6.19. The van der Waals surface area contributed by atoms with E-state index >= 15 is 0 Å². The highest BCUT2D eigenvalue weighted by Gasteiger charge is 2.30. The van der Waals surface area contributed by atoms with Gasteiger partial charge in [0, 0.05) is 50.8 Å². The molecule has 0 aliphatic carbocycles. The number of benzene rings is 1. The summed E-state index contributed by atoms with van der Waals surface area (Å²) in [6, 6.07) is 7.13. The number of carbonyl (C=O) groups is 1. The summed E-state index contributed by atoms with van der Waals surface area (Å²) in [7, 11) is 0. The van der Waals surface area contributed by atoms with Crippen LogP contribution in [-0.2, 0) is 4.79 Å². The molecule has 2 atom stereocenters. The second kappa shape index (κ2) is 11.0. The molecule has 3 rings (SSSR count). The minimum absolute atomic E-state index is 0.0727. The van der Waals surface area contributed by atoms with Gasteiger partial charge in [-0.15, -0.1) is 0 Å². The monoisotopic (exact) mass is 435 g/mol. The maximum absolute atomic E-state index is 12.7. The van der Waals surface area contributed by atoms with Crippen LogP contribution in [0, 0.1) is 0 Å². The van der Waals surface area contributed by atoms with Crippen LogP contribution < -0.4 is 5.32 Å². The predicted molar refractivity (Wildman–Crippen MR) is 121 cm³/mol. The molecule has 1 aromatic rings. The molecule has 1 aromatic carbocycles. The molecule has 2 saturated heterocycles. The molecule has 30 heavy (non-hydrogen) atoms. The molecule has 8 heteroatoms. The number of amides is 1. The molecule has 0 aromatic heterocycles. The summed E-state index contributed by atoms with van der Waals surface area (Å²) in [5.74, 6) is 1.07. The number of piperazine rings is 1. The van der Waals surface area contributed by atoms with Gasteiger partial charge in [0.25, 0.3) is 0 Å². The van der Waals surface area contributed by atoms with E-state index in [0.717, 1.165) is 70.2 Å². The maximum Gasteiger partial charge on any atom is 0.239 e. The molecule has 0 radical (unpaired) electrons. The van der Waals surface area contributed by atoms with Crippen molar-refractivity contribution in [2.24, 2.45) is 4.99 Å². The lowest BCUT2D eigenvalue weighted by Crippen LogP contribution is -2.57. The molecule has 0 saturated carbocycles. The van der Waals surface area contributed by atoms with E-state index in [1.54, 1.807) is 12.1 Å². The standard InChI is InChI=1S/C22H34ClN5O2/c1-3-24-22(25-16-20(29)18-6-8-19(23)9-7-18)28-14-12-26(13-15-28)17(2)21(30)27-10-4-5-11-27/h6-9,17,20,29H,3-5,10-16H2,1-2H3,(H,24,25). The van der Waals surface area contributed by atoms with Crippen molar-refractivity contribution < 1.29 is 9.90 Å². The summed E-state index contributed by atoms with van der Waals surface area (Å²) < 4.78 is 0. The number of guanidine groups is 1. The average molecular weight is 436 g/mol. The Hall–Kier alpha value is -1.83. The van der Waals surface area contributed by atoms with Crippen LogP contribution in [0.15, 0.2) is 29.3 Å². The number of nitrogens with zero attached hydrogens (tertiary/aromatic N) is 4. The highest BCUT2D eigenvalue weighted by atomic mass is 35.5. The first kappa shape index (κ1) is 22.8. The number of hydrogen-bond donors (Lipinski definition) is 2. The van der Waals surface area contributed by atoms with Gasteiger partial charge < -0.3 is 20.2 Å². The van der Waals surface area contributed by atoms with Gasteiger partial charge in [0.2, 0.25) is 5.91 Å². The number of carbonyl (C=O) groups excluding carboxylic acids is 1. The Morgan fingerprint density at radius 3 is 2.33 bits per heavy atom. The van der Waals surface area contributed by atoms with Crippen LogP contribution in [0.2, 0.25) is 5.02 Å². The Morgan fingerprint density at radius 1 is 1.10 bits per heavy atom. The minimum atomic E-state index is -0.671. The van der Waals surface area contributed by atoms with Crippen LogP contribution in [0.25, 0.3) is 0 Å². The van der Waals surface area contributed by atoms with E-state index in [1.807, 2.05) is 30.9 Å². The fourth-order valence-electron chi connectivity index (χ4n) is 4.07. The van der Waals surface area contributed by atoms with Gasteiger partial charge in [-0.05, 0) is 44.4 Å². The first-order chi connectivity index (χ1) is 14.5. The number of rotatable bonds is 6. The first-order valence-electron chi connectivity index (χ1n) is 11.0. The normalized spacial score (nSPS) is 20.3. The Morgan fingerprint density at radius 2 is 1.73 bits per heavy atom. The largest absolute Gasteiger partial charge is 0.386 e. The van der Waals surface area contributed by atoms with Gasteiger partial charge in [-0.2, -0.15) is 0 Å². The fraction of sp³-hybridized carbons (Fsp3) is 0.636. The van der Waals surface area contributed by atoms with Gasteiger partial charge in [0.1, 0.15) is 0 Å². The van der Waals surface area contributed by atoms with Crippen molar-refractivity contribution >= 4 is 23.5 Å². The van der Waals surface area contributed by atoms with E-state index in [2.05, 4.69) is 20.1 Å². The zero-order valence-electron chi connectivity index (χ0n) is 18.1. The molecule has 2 N–H and O–H groups in total. The molecule has 2 aliphatic heterocycles. The van der Waals surface area contributed by atoms with E-state index in [0.29, 0.717) is 5.02 Å². The summed E-state index contributed by atoms with van der Waals surface area (Å²) in [4.78, 5) is 23.8. The van der Waals surface area contributed by atoms with E-state index in [4.69, 9.17) is 11.6 Å². The molecule has 2 aliphatic rings. The fourth-order valence-corrected chi connectivity index (χ4v) is 4.19. The number of hydrogen-bond acceptors (Lipinski definition) is 4. The number of aliphatic hydroxyl groups excluding tert-OH is 1. The zero-order chi connectivity index (χ0) is 21.5. The van der Waals surface area contributed by atoms with Gasteiger partial charge in [0.05, 0.1) is 18.7 Å². The van der Waals surface area contributed by atoms with Crippen LogP contribution in [0.3, 0.4) is 0 Å². The summed E-state index contributed by atoms with van der Waals surface area (Å²) in [5, 5.41) is 14.4. The van der Waals surface area contributed by atoms with E-state index in [1.165, 1.54) is 0 Å². The minimum Gasteiger partial charge on any atom is -0.386 e. The third kappa shape index (κ3) is 5.86. The second-order valence-electron chi connectivity index (χ2n) is 7.99. The molecule has 2 fully saturated rings. The van der Waals surface area contributed by atoms with Gasteiger partial charge in [-0.3, -0.25) is 14.7 Å². The predicted octanol–water partition coefficient (Wildman–Crippen LogP) is 1.97. The SMILES string of the molecule is CCNC(=NCC(O)c1ccc(Cl)cc1)N1CCN(C(C)C(=O)N2CCCC2)CC1. The molecule has 2 heterocycles. The molecular formula is C22H34ClN5O2. The highest BCUT2D eigenvalue weighted by Crippen LogP contribution is 2.17.